The molecule has 0 fully saturated rings. The van der Waals surface area contributed by atoms with Gasteiger partial charge in [-0.05, 0) is 53.0 Å². The number of nitrogens with two attached hydrogens (primary N) is 1. The third kappa shape index (κ3) is 2.99. The zero-order valence-corrected chi connectivity index (χ0v) is 12.7. The summed E-state index contributed by atoms with van der Waals surface area (Å²) in [5.41, 5.74) is 7.24. The fourth-order valence-electron chi connectivity index (χ4n) is 1.86. The van der Waals surface area contributed by atoms with Gasteiger partial charge in [-0.1, -0.05) is 12.1 Å². The van der Waals surface area contributed by atoms with Gasteiger partial charge >= 0.3 is 0 Å². The van der Waals surface area contributed by atoms with Crippen LogP contribution in [0.5, 0.6) is 0 Å². The first-order chi connectivity index (χ1) is 8.38. The molecule has 4 heteroatoms. The van der Waals surface area contributed by atoms with E-state index in [1.807, 2.05) is 18.4 Å². The molecule has 1 aromatic heterocycles. The number of hydrogen-bond acceptors (Lipinski definition) is 2. The van der Waals surface area contributed by atoms with Crippen LogP contribution in [0.4, 0.5) is 4.39 Å². The molecule has 0 saturated carbocycles. The van der Waals surface area contributed by atoms with Crippen LogP contribution in [0.2, 0.25) is 0 Å². The summed E-state index contributed by atoms with van der Waals surface area (Å²) in [6.07, 6.45) is 0.700. The topological polar surface area (TPSA) is 26.0 Å². The van der Waals surface area contributed by atoms with Gasteiger partial charge in [-0.25, -0.2) is 4.39 Å². The van der Waals surface area contributed by atoms with Gasteiger partial charge in [0, 0.05) is 26.7 Å². The van der Waals surface area contributed by atoms with Crippen molar-refractivity contribution in [3.8, 4) is 0 Å². The lowest BCUT2D eigenvalue weighted by Crippen LogP contribution is -2.35. The highest BCUT2D eigenvalue weighted by Gasteiger charge is 2.23. The van der Waals surface area contributed by atoms with E-state index in [9.17, 15) is 4.39 Å². The standard InChI is InChI=1S/C14H15BrFNS/c1-9-3-4-10(5-13(9)16)14(2,17)7-12-6-11(15)8-18-12/h3-6,8H,7,17H2,1-2H3. The second kappa shape index (κ2) is 5.11. The molecule has 1 heterocycles. The van der Waals surface area contributed by atoms with Gasteiger partial charge in [-0.3, -0.25) is 0 Å². The molecule has 96 valence electrons. The van der Waals surface area contributed by atoms with Crippen molar-refractivity contribution in [3.05, 3.63) is 55.9 Å². The maximum absolute atomic E-state index is 13.6. The first-order valence-electron chi connectivity index (χ1n) is 5.67. The maximum Gasteiger partial charge on any atom is 0.126 e. The van der Waals surface area contributed by atoms with Crippen molar-refractivity contribution in [1.82, 2.24) is 0 Å². The Morgan fingerprint density at radius 2 is 2.11 bits per heavy atom. The molecule has 0 aliphatic heterocycles. The monoisotopic (exact) mass is 327 g/mol. The summed E-state index contributed by atoms with van der Waals surface area (Å²) < 4.78 is 14.7. The molecule has 2 rings (SSSR count). The third-order valence-electron chi connectivity index (χ3n) is 2.99. The van der Waals surface area contributed by atoms with Crippen LogP contribution in [0.3, 0.4) is 0 Å². The van der Waals surface area contributed by atoms with E-state index >= 15 is 0 Å². The smallest absolute Gasteiger partial charge is 0.126 e. The molecule has 1 unspecified atom stereocenters. The van der Waals surface area contributed by atoms with Crippen LogP contribution in [-0.2, 0) is 12.0 Å². The average molecular weight is 328 g/mol. The Morgan fingerprint density at radius 3 is 2.67 bits per heavy atom. The molecule has 0 bridgehead atoms. The van der Waals surface area contributed by atoms with Crippen LogP contribution in [0, 0.1) is 12.7 Å². The van der Waals surface area contributed by atoms with E-state index in [4.69, 9.17) is 5.73 Å². The number of thiophene rings is 1. The Kier molecular flexibility index (Phi) is 3.90. The molecule has 0 radical (unpaired) electrons. The molecule has 0 saturated heterocycles. The highest BCUT2D eigenvalue weighted by molar-refractivity contribution is 9.10. The van der Waals surface area contributed by atoms with Crippen molar-refractivity contribution >= 4 is 27.3 Å². The van der Waals surface area contributed by atoms with Crippen molar-refractivity contribution in [1.29, 1.82) is 0 Å². The molecule has 0 aliphatic rings. The summed E-state index contributed by atoms with van der Waals surface area (Å²) in [4.78, 5) is 1.19. The number of halogens is 2. The average Bonchev–Trinajstić information content (AvgIpc) is 2.67. The van der Waals surface area contributed by atoms with E-state index in [1.165, 1.54) is 10.9 Å². The van der Waals surface area contributed by atoms with Crippen molar-refractivity contribution < 1.29 is 4.39 Å². The largest absolute Gasteiger partial charge is 0.321 e. The molecule has 1 atom stereocenters. The lowest BCUT2D eigenvalue weighted by molar-refractivity contribution is 0.489. The van der Waals surface area contributed by atoms with Crippen LogP contribution < -0.4 is 5.73 Å². The minimum absolute atomic E-state index is 0.198. The van der Waals surface area contributed by atoms with Crippen LogP contribution in [0.25, 0.3) is 0 Å². The zero-order valence-electron chi connectivity index (χ0n) is 10.3. The Balaban J connectivity index is 2.26. The summed E-state index contributed by atoms with van der Waals surface area (Å²) in [5.74, 6) is -0.198. The molecule has 2 N–H and O–H groups in total. The molecule has 1 nitrogen and oxygen atoms in total. The van der Waals surface area contributed by atoms with Crippen molar-refractivity contribution in [3.63, 3.8) is 0 Å². The Morgan fingerprint density at radius 1 is 1.39 bits per heavy atom. The van der Waals surface area contributed by atoms with Crippen LogP contribution >= 0.6 is 27.3 Å². The molecular weight excluding hydrogens is 313 g/mol. The van der Waals surface area contributed by atoms with Crippen molar-refractivity contribution in [2.75, 3.05) is 0 Å². The zero-order chi connectivity index (χ0) is 13.3. The van der Waals surface area contributed by atoms with E-state index in [2.05, 4.69) is 22.0 Å². The summed E-state index contributed by atoms with van der Waals surface area (Å²) in [6.45, 7) is 3.69. The normalized spacial score (nSPS) is 14.5. The third-order valence-corrected chi connectivity index (χ3v) is 4.69. The quantitative estimate of drug-likeness (QED) is 0.889. The van der Waals surface area contributed by atoms with Crippen molar-refractivity contribution in [2.24, 2.45) is 5.73 Å². The van der Waals surface area contributed by atoms with Crippen LogP contribution in [-0.4, -0.2) is 0 Å². The summed E-state index contributed by atoms with van der Waals surface area (Å²) in [7, 11) is 0. The van der Waals surface area contributed by atoms with E-state index in [1.54, 1.807) is 24.3 Å². The highest BCUT2D eigenvalue weighted by Crippen LogP contribution is 2.28. The number of hydrogen-bond donors (Lipinski definition) is 1. The Labute approximate surface area is 119 Å². The number of benzene rings is 1. The van der Waals surface area contributed by atoms with Crippen LogP contribution in [0.15, 0.2) is 34.1 Å². The summed E-state index contributed by atoms with van der Waals surface area (Å²) in [6, 6.07) is 7.28. The lowest BCUT2D eigenvalue weighted by Gasteiger charge is -2.25. The van der Waals surface area contributed by atoms with Gasteiger partial charge in [0.05, 0.1) is 0 Å². The highest BCUT2D eigenvalue weighted by atomic mass is 79.9. The lowest BCUT2D eigenvalue weighted by atomic mass is 9.88. The molecule has 2 aromatic rings. The molecule has 0 aliphatic carbocycles. The fraction of sp³-hybridized carbons (Fsp3) is 0.286. The van der Waals surface area contributed by atoms with Gasteiger partial charge in [0.1, 0.15) is 5.82 Å². The van der Waals surface area contributed by atoms with Gasteiger partial charge in [-0.2, -0.15) is 0 Å². The molecule has 1 aromatic carbocycles. The van der Waals surface area contributed by atoms with Gasteiger partial charge in [-0.15, -0.1) is 11.3 Å². The van der Waals surface area contributed by atoms with E-state index in [-0.39, 0.29) is 5.82 Å². The fourth-order valence-corrected chi connectivity index (χ4v) is 3.48. The number of rotatable bonds is 3. The van der Waals surface area contributed by atoms with Crippen LogP contribution in [0.1, 0.15) is 22.9 Å². The van der Waals surface area contributed by atoms with E-state index < -0.39 is 5.54 Å². The predicted molar refractivity (Wildman–Crippen MR) is 78.4 cm³/mol. The van der Waals surface area contributed by atoms with E-state index in [0.717, 1.165) is 10.0 Å². The first-order valence-corrected chi connectivity index (χ1v) is 7.34. The first kappa shape index (κ1) is 13.7. The number of aryl methyl sites for hydroxylation is 1. The van der Waals surface area contributed by atoms with E-state index in [0.29, 0.717) is 12.0 Å². The molecular formula is C14H15BrFNS. The van der Waals surface area contributed by atoms with Gasteiger partial charge < -0.3 is 5.73 Å². The maximum atomic E-state index is 13.6. The Bertz CT molecular complexity index is 563. The second-order valence-electron chi connectivity index (χ2n) is 4.79. The minimum atomic E-state index is -0.557. The molecule has 0 amide bonds. The SMILES string of the molecule is Cc1ccc(C(C)(N)Cc2cc(Br)cs2)cc1F. The molecule has 0 spiro atoms. The Hall–Kier alpha value is -0.710. The second-order valence-corrected chi connectivity index (χ2v) is 6.70. The van der Waals surface area contributed by atoms with Gasteiger partial charge in [0.2, 0.25) is 0 Å². The van der Waals surface area contributed by atoms with Gasteiger partial charge in [0.15, 0.2) is 0 Å². The van der Waals surface area contributed by atoms with Crippen molar-refractivity contribution in [2.45, 2.75) is 25.8 Å². The summed E-state index contributed by atoms with van der Waals surface area (Å²) in [5, 5.41) is 2.03. The molecule has 18 heavy (non-hydrogen) atoms. The summed E-state index contributed by atoms with van der Waals surface area (Å²) >= 11 is 5.08. The predicted octanol–water partition coefficient (Wildman–Crippen LogP) is 4.37. The van der Waals surface area contributed by atoms with Gasteiger partial charge in [0.25, 0.3) is 0 Å². The minimum Gasteiger partial charge on any atom is -0.321 e.